The molecule has 0 bridgehead atoms. The number of benzene rings is 1. The molecule has 0 radical (unpaired) electrons. The quantitative estimate of drug-likeness (QED) is 0.810. The van der Waals surface area contributed by atoms with E-state index in [1.165, 1.54) is 25.9 Å². The van der Waals surface area contributed by atoms with Gasteiger partial charge in [0.2, 0.25) is 12.7 Å². The number of carbonyl (C=O) groups is 1. The first kappa shape index (κ1) is 19.2. The molecule has 158 valence electrons. The molecular formula is C22H32N4O3. The molecule has 3 fully saturated rings. The minimum Gasteiger partial charge on any atom is -0.454 e. The van der Waals surface area contributed by atoms with Gasteiger partial charge in [0.1, 0.15) is 6.04 Å². The summed E-state index contributed by atoms with van der Waals surface area (Å²) in [7, 11) is 0. The fraction of sp³-hybridized carbons (Fsp3) is 0.682. The van der Waals surface area contributed by atoms with Crippen LogP contribution < -0.4 is 20.3 Å². The Balaban J connectivity index is 1.13. The van der Waals surface area contributed by atoms with Crippen molar-refractivity contribution in [2.45, 2.75) is 57.2 Å². The number of amides is 1. The molecule has 3 saturated heterocycles. The third-order valence-corrected chi connectivity index (χ3v) is 7.11. The Hall–Kier alpha value is -1.83. The highest BCUT2D eigenvalue weighted by Crippen LogP contribution is 2.36. The highest BCUT2D eigenvalue weighted by molar-refractivity contribution is 5.82. The maximum Gasteiger partial charge on any atom is 0.241 e. The van der Waals surface area contributed by atoms with Crippen LogP contribution >= 0.6 is 0 Å². The van der Waals surface area contributed by atoms with Crippen molar-refractivity contribution in [2.75, 3.05) is 33.0 Å². The van der Waals surface area contributed by atoms with Gasteiger partial charge in [0.05, 0.1) is 0 Å². The summed E-state index contributed by atoms with van der Waals surface area (Å²) in [5.74, 6) is 2.67. The summed E-state index contributed by atoms with van der Waals surface area (Å²) in [6.45, 7) is 6.85. The largest absolute Gasteiger partial charge is 0.454 e. The molecule has 2 atom stereocenters. The first-order valence-corrected chi connectivity index (χ1v) is 11.1. The molecule has 7 heteroatoms. The van der Waals surface area contributed by atoms with Gasteiger partial charge in [0.25, 0.3) is 0 Å². The summed E-state index contributed by atoms with van der Waals surface area (Å²) in [5, 5.41) is 0. The van der Waals surface area contributed by atoms with Crippen molar-refractivity contribution in [3.8, 4) is 11.5 Å². The lowest BCUT2D eigenvalue weighted by atomic mass is 9.94. The molecule has 1 aromatic rings. The molecular weight excluding hydrogens is 368 g/mol. The smallest absolute Gasteiger partial charge is 0.241 e. The number of rotatable bonds is 3. The minimum atomic E-state index is -0.169. The molecule has 0 aliphatic carbocycles. The van der Waals surface area contributed by atoms with Crippen molar-refractivity contribution in [2.24, 2.45) is 5.92 Å². The zero-order chi connectivity index (χ0) is 19.8. The van der Waals surface area contributed by atoms with Crippen LogP contribution in [-0.2, 0) is 4.79 Å². The lowest BCUT2D eigenvalue weighted by Gasteiger charge is -2.41. The molecule has 4 aliphatic heterocycles. The standard InChI is InChI=1S/C22H32N4O3/c1-15-4-8-25(9-5-15)17-6-10-26(11-7-17)22(27)19-13-18(23-24-19)16-2-3-20-21(12-16)29-14-28-20/h2-3,12,15,17-19,23-24H,4-11,13-14H2,1H3. The molecule has 1 amide bonds. The van der Waals surface area contributed by atoms with E-state index in [1.807, 2.05) is 18.2 Å². The predicted molar refractivity (Wildman–Crippen MR) is 110 cm³/mol. The van der Waals surface area contributed by atoms with Crippen LogP contribution in [0.4, 0.5) is 0 Å². The Morgan fingerprint density at radius 1 is 1.00 bits per heavy atom. The van der Waals surface area contributed by atoms with Gasteiger partial charge in [-0.25, -0.2) is 10.9 Å². The minimum absolute atomic E-state index is 0.103. The second-order valence-electron chi connectivity index (χ2n) is 9.02. The molecule has 0 spiro atoms. The van der Waals surface area contributed by atoms with Gasteiger partial charge in [0, 0.05) is 25.2 Å². The van der Waals surface area contributed by atoms with E-state index >= 15 is 0 Å². The van der Waals surface area contributed by atoms with Gasteiger partial charge >= 0.3 is 0 Å². The van der Waals surface area contributed by atoms with Crippen LogP contribution in [0.5, 0.6) is 11.5 Å². The van der Waals surface area contributed by atoms with Crippen LogP contribution in [-0.4, -0.2) is 60.8 Å². The monoisotopic (exact) mass is 400 g/mol. The Bertz CT molecular complexity index is 742. The Morgan fingerprint density at radius 3 is 2.55 bits per heavy atom. The highest BCUT2D eigenvalue weighted by atomic mass is 16.7. The Labute approximate surface area is 172 Å². The number of ether oxygens (including phenoxy) is 2. The number of hydrogen-bond donors (Lipinski definition) is 2. The predicted octanol–water partition coefficient (Wildman–Crippen LogP) is 2.05. The normalized spacial score (nSPS) is 28.8. The van der Waals surface area contributed by atoms with Crippen molar-refractivity contribution in [3.05, 3.63) is 23.8 Å². The van der Waals surface area contributed by atoms with Gasteiger partial charge in [-0.1, -0.05) is 13.0 Å². The zero-order valence-electron chi connectivity index (χ0n) is 17.2. The molecule has 0 aromatic heterocycles. The van der Waals surface area contributed by atoms with Crippen molar-refractivity contribution in [1.29, 1.82) is 0 Å². The van der Waals surface area contributed by atoms with Gasteiger partial charge in [-0.15, -0.1) is 0 Å². The summed E-state index contributed by atoms with van der Waals surface area (Å²) < 4.78 is 10.9. The number of hydrogen-bond acceptors (Lipinski definition) is 6. The van der Waals surface area contributed by atoms with Crippen LogP contribution in [0.1, 0.15) is 50.6 Å². The molecule has 4 aliphatic rings. The van der Waals surface area contributed by atoms with Gasteiger partial charge in [0.15, 0.2) is 11.5 Å². The first-order chi connectivity index (χ1) is 14.2. The summed E-state index contributed by atoms with van der Waals surface area (Å²) in [4.78, 5) is 17.8. The molecule has 1 aromatic carbocycles. The van der Waals surface area contributed by atoms with Gasteiger partial charge < -0.3 is 19.3 Å². The third kappa shape index (κ3) is 3.96. The fourth-order valence-corrected chi connectivity index (χ4v) is 5.13. The molecule has 0 saturated carbocycles. The molecule has 5 rings (SSSR count). The van der Waals surface area contributed by atoms with E-state index in [1.54, 1.807) is 0 Å². The van der Waals surface area contributed by atoms with E-state index < -0.39 is 0 Å². The van der Waals surface area contributed by atoms with Crippen molar-refractivity contribution >= 4 is 5.91 Å². The van der Waals surface area contributed by atoms with Gasteiger partial charge in [-0.05, 0) is 68.8 Å². The average molecular weight is 401 g/mol. The van der Waals surface area contributed by atoms with Crippen LogP contribution in [0, 0.1) is 5.92 Å². The van der Waals surface area contributed by atoms with Crippen LogP contribution in [0.25, 0.3) is 0 Å². The summed E-state index contributed by atoms with van der Waals surface area (Å²) in [6, 6.07) is 6.59. The van der Waals surface area contributed by atoms with Crippen molar-refractivity contribution in [3.63, 3.8) is 0 Å². The SMILES string of the molecule is CC1CCN(C2CCN(C(=O)C3CC(c4ccc5c(c4)OCO5)NN3)CC2)CC1. The molecule has 2 N–H and O–H groups in total. The highest BCUT2D eigenvalue weighted by Gasteiger charge is 2.36. The number of piperidine rings is 2. The summed E-state index contributed by atoms with van der Waals surface area (Å²) >= 11 is 0. The number of nitrogens with zero attached hydrogens (tertiary/aromatic N) is 2. The Kier molecular flexibility index (Phi) is 5.37. The number of carbonyl (C=O) groups excluding carboxylic acids is 1. The van der Waals surface area contributed by atoms with Crippen LogP contribution in [0.3, 0.4) is 0 Å². The lowest BCUT2D eigenvalue weighted by Crippen LogP contribution is -2.52. The topological polar surface area (TPSA) is 66.1 Å². The second kappa shape index (κ2) is 8.13. The average Bonchev–Trinajstić information content (AvgIpc) is 3.43. The van der Waals surface area contributed by atoms with E-state index in [4.69, 9.17) is 9.47 Å². The van der Waals surface area contributed by atoms with Gasteiger partial charge in [-0.3, -0.25) is 4.79 Å². The van der Waals surface area contributed by atoms with E-state index in [-0.39, 0.29) is 24.8 Å². The van der Waals surface area contributed by atoms with E-state index in [0.29, 0.717) is 6.04 Å². The number of nitrogens with one attached hydrogen (secondary N) is 2. The van der Waals surface area contributed by atoms with Crippen molar-refractivity contribution < 1.29 is 14.3 Å². The first-order valence-electron chi connectivity index (χ1n) is 11.1. The van der Waals surface area contributed by atoms with E-state index in [2.05, 4.69) is 27.6 Å². The van der Waals surface area contributed by atoms with Crippen LogP contribution in [0.15, 0.2) is 18.2 Å². The Morgan fingerprint density at radius 2 is 1.76 bits per heavy atom. The number of fused-ring (bicyclic) bond motifs is 1. The maximum absolute atomic E-state index is 13.1. The third-order valence-electron chi connectivity index (χ3n) is 7.11. The molecule has 7 nitrogen and oxygen atoms in total. The van der Waals surface area contributed by atoms with E-state index in [9.17, 15) is 4.79 Å². The van der Waals surface area contributed by atoms with Crippen molar-refractivity contribution in [1.82, 2.24) is 20.7 Å². The summed E-state index contributed by atoms with van der Waals surface area (Å²) in [6.07, 6.45) is 5.59. The lowest BCUT2D eigenvalue weighted by molar-refractivity contribution is -0.134. The van der Waals surface area contributed by atoms with Gasteiger partial charge in [-0.2, -0.15) is 0 Å². The second-order valence-corrected chi connectivity index (χ2v) is 9.02. The zero-order valence-corrected chi connectivity index (χ0v) is 17.2. The summed E-state index contributed by atoms with van der Waals surface area (Å²) in [5.41, 5.74) is 7.64. The molecule has 2 unspecified atom stereocenters. The fourth-order valence-electron chi connectivity index (χ4n) is 5.13. The number of likely N-dealkylation sites (tertiary alicyclic amines) is 2. The van der Waals surface area contributed by atoms with Crippen LogP contribution in [0.2, 0.25) is 0 Å². The number of hydrazine groups is 1. The molecule has 4 heterocycles. The van der Waals surface area contributed by atoms with E-state index in [0.717, 1.165) is 55.3 Å². The maximum atomic E-state index is 13.1. The molecule has 29 heavy (non-hydrogen) atoms.